The van der Waals surface area contributed by atoms with Gasteiger partial charge in [-0.25, -0.2) is 0 Å². The van der Waals surface area contributed by atoms with Crippen LogP contribution in [0.5, 0.6) is 0 Å². The van der Waals surface area contributed by atoms with E-state index in [0.29, 0.717) is 6.04 Å². The molecule has 0 aliphatic carbocycles. The molecular weight excluding hydrogens is 162 g/mol. The molecule has 1 heterocycles. The number of carboxylic acid groups (broad SMARTS) is 1. The molecule has 60 valence electrons. The molecule has 1 rings (SSSR count). The topological polar surface area (TPSA) is 63.3 Å². The molecule has 0 aliphatic rings. The lowest BCUT2D eigenvalue weighted by molar-refractivity contribution is -0.138. The molecule has 0 saturated carbocycles. The zero-order chi connectivity index (χ0) is 9.14. The lowest BCUT2D eigenvalue weighted by Gasteiger charge is -2.02. The summed E-state index contributed by atoms with van der Waals surface area (Å²) in [5.74, 6) is -1.03. The molecule has 0 spiro atoms. The lowest BCUT2D eigenvalue weighted by Crippen LogP contribution is -2.31. The molecule has 0 fully saturated rings. The fourth-order valence-electron chi connectivity index (χ4n) is 0.671. The van der Waals surface area contributed by atoms with E-state index in [1.165, 1.54) is 11.3 Å². The minimum absolute atomic E-state index is 0.242. The first-order valence-corrected chi connectivity index (χ1v) is 4.00. The van der Waals surface area contributed by atoms with E-state index in [1.54, 1.807) is 11.4 Å². The predicted octanol–water partition coefficient (Wildman–Crippen LogP) is 0.703. The summed E-state index contributed by atoms with van der Waals surface area (Å²) < 4.78 is 7.35. The van der Waals surface area contributed by atoms with Crippen LogP contribution < -0.4 is 5.73 Å². The molecule has 4 heteroatoms. The Balaban J connectivity index is 2.64. The van der Waals surface area contributed by atoms with Crippen molar-refractivity contribution in [1.82, 2.24) is 0 Å². The summed E-state index contributed by atoms with van der Waals surface area (Å²) >= 11 is 1.36. The number of carbonyl (C=O) groups is 1. The van der Waals surface area contributed by atoms with Gasteiger partial charge in [0.15, 0.2) is 0 Å². The van der Waals surface area contributed by atoms with E-state index in [1.807, 2.05) is 0 Å². The van der Waals surface area contributed by atoms with Crippen molar-refractivity contribution in [2.75, 3.05) is 0 Å². The van der Waals surface area contributed by atoms with Crippen molar-refractivity contribution in [3.63, 3.8) is 0 Å². The molecule has 0 unspecified atom stereocenters. The Morgan fingerprint density at radius 3 is 3.18 bits per heavy atom. The molecule has 0 bridgehead atoms. The minimum Gasteiger partial charge on any atom is -0.480 e. The van der Waals surface area contributed by atoms with E-state index < -0.39 is 12.0 Å². The van der Waals surface area contributed by atoms with Crippen LogP contribution in [-0.4, -0.2) is 17.1 Å². The second-order valence-electron chi connectivity index (χ2n) is 2.14. The molecule has 0 saturated heterocycles. The van der Waals surface area contributed by atoms with Gasteiger partial charge in [-0.05, 0) is 11.4 Å². The molecule has 3 N–H and O–H groups in total. The Morgan fingerprint density at radius 1 is 2.00 bits per heavy atom. The number of carboxylic acids is 1. The average Bonchev–Trinajstić information content (AvgIpc) is 2.36. The van der Waals surface area contributed by atoms with Crippen molar-refractivity contribution in [1.29, 1.82) is 0 Å². The fourth-order valence-corrected chi connectivity index (χ4v) is 1.38. The normalized spacial score (nSPS) is 14.1. The van der Waals surface area contributed by atoms with Crippen LogP contribution >= 0.6 is 11.3 Å². The number of hydrogen-bond donors (Lipinski definition) is 2. The van der Waals surface area contributed by atoms with Crippen molar-refractivity contribution in [3.05, 3.63) is 22.4 Å². The maximum Gasteiger partial charge on any atom is 0.320 e. The van der Waals surface area contributed by atoms with Gasteiger partial charge in [0, 0.05) is 11.3 Å². The molecule has 1 aromatic heterocycles. The van der Waals surface area contributed by atoms with Crippen molar-refractivity contribution in [2.24, 2.45) is 5.73 Å². The van der Waals surface area contributed by atoms with E-state index >= 15 is 0 Å². The summed E-state index contributed by atoms with van der Waals surface area (Å²) in [6.07, 6.45) is 0.242. The van der Waals surface area contributed by atoms with Crippen LogP contribution in [0.3, 0.4) is 0 Å². The van der Waals surface area contributed by atoms with Gasteiger partial charge >= 0.3 is 5.97 Å². The third-order valence-electron chi connectivity index (χ3n) is 1.25. The summed E-state index contributed by atoms with van der Waals surface area (Å²) in [4.78, 5) is 11.1. The second kappa shape index (κ2) is 3.50. The van der Waals surface area contributed by atoms with Crippen molar-refractivity contribution < 1.29 is 11.3 Å². The van der Waals surface area contributed by atoms with Gasteiger partial charge in [-0.1, -0.05) is 6.07 Å². The first kappa shape index (κ1) is 6.82. The van der Waals surface area contributed by atoms with E-state index in [2.05, 4.69) is 0 Å². The van der Waals surface area contributed by atoms with Crippen LogP contribution in [0.15, 0.2) is 17.5 Å². The highest BCUT2D eigenvalue weighted by Crippen LogP contribution is 2.10. The van der Waals surface area contributed by atoms with E-state index in [9.17, 15) is 4.79 Å². The smallest absolute Gasteiger partial charge is 0.320 e. The number of hydrogen-bond acceptors (Lipinski definition) is 3. The molecule has 1 aromatic rings. The van der Waals surface area contributed by atoms with Gasteiger partial charge in [0.1, 0.15) is 6.04 Å². The van der Waals surface area contributed by atoms with Crippen LogP contribution in [0, 0.1) is 0 Å². The maximum absolute atomic E-state index is 10.4. The summed E-state index contributed by atoms with van der Waals surface area (Å²) in [5, 5.41) is 10.2. The standard InChI is InChI=1S/C7H9NO2S/c8-6(7(9)10)4-5-2-1-3-11-5/h1-3,6H,4,8H2,(H,9,10)/t6-/m0/s1/i2D. The second-order valence-corrected chi connectivity index (χ2v) is 3.14. The Bertz CT molecular complexity index is 287. The maximum atomic E-state index is 10.4. The third kappa shape index (κ3) is 2.32. The van der Waals surface area contributed by atoms with Gasteiger partial charge in [-0.15, -0.1) is 11.3 Å². The van der Waals surface area contributed by atoms with Crippen LogP contribution in [-0.2, 0) is 11.2 Å². The zero-order valence-corrected chi connectivity index (χ0v) is 6.60. The van der Waals surface area contributed by atoms with Crippen LogP contribution in [0.1, 0.15) is 6.25 Å². The van der Waals surface area contributed by atoms with Crippen LogP contribution in [0.4, 0.5) is 0 Å². The third-order valence-corrected chi connectivity index (χ3v) is 2.09. The number of rotatable bonds is 3. The van der Waals surface area contributed by atoms with Crippen molar-refractivity contribution in [2.45, 2.75) is 12.5 Å². The minimum atomic E-state index is -1.03. The molecular formula is C7H9NO2S. The zero-order valence-electron chi connectivity index (χ0n) is 6.78. The average molecular weight is 172 g/mol. The molecule has 0 aliphatic heterocycles. The van der Waals surface area contributed by atoms with Gasteiger partial charge in [0.05, 0.1) is 1.37 Å². The molecule has 3 nitrogen and oxygen atoms in total. The quantitative estimate of drug-likeness (QED) is 0.705. The van der Waals surface area contributed by atoms with E-state index in [-0.39, 0.29) is 6.42 Å². The molecule has 0 radical (unpaired) electrons. The highest BCUT2D eigenvalue weighted by molar-refractivity contribution is 7.09. The highest BCUT2D eigenvalue weighted by atomic mass is 32.1. The Kier molecular flexibility index (Phi) is 2.17. The predicted molar refractivity (Wildman–Crippen MR) is 43.6 cm³/mol. The van der Waals surface area contributed by atoms with Gasteiger partial charge in [-0.2, -0.15) is 0 Å². The SMILES string of the molecule is [2H]c1ccsc1C[C@H](N)C(=O)O. The highest BCUT2D eigenvalue weighted by Gasteiger charge is 2.11. The van der Waals surface area contributed by atoms with Gasteiger partial charge in [0.25, 0.3) is 0 Å². The Labute approximate surface area is 69.9 Å². The van der Waals surface area contributed by atoms with Crippen molar-refractivity contribution >= 4 is 17.3 Å². The monoisotopic (exact) mass is 172 g/mol. The summed E-state index contributed by atoms with van der Waals surface area (Å²) in [7, 11) is 0. The summed E-state index contributed by atoms with van der Waals surface area (Å²) in [6, 6.07) is 1.11. The van der Waals surface area contributed by atoms with Gasteiger partial charge in [0.2, 0.25) is 0 Å². The molecule has 11 heavy (non-hydrogen) atoms. The number of nitrogens with two attached hydrogens (primary N) is 1. The summed E-state index contributed by atoms with van der Waals surface area (Å²) in [6.45, 7) is 0. The van der Waals surface area contributed by atoms with Gasteiger partial charge < -0.3 is 10.8 Å². The van der Waals surface area contributed by atoms with Gasteiger partial charge in [-0.3, -0.25) is 4.79 Å². The molecule has 0 aromatic carbocycles. The van der Waals surface area contributed by atoms with Crippen molar-refractivity contribution in [3.8, 4) is 0 Å². The molecule has 1 atom stereocenters. The Morgan fingerprint density at radius 2 is 2.73 bits per heavy atom. The van der Waals surface area contributed by atoms with Crippen LogP contribution in [0.25, 0.3) is 0 Å². The van der Waals surface area contributed by atoms with E-state index in [0.717, 1.165) is 4.88 Å². The largest absolute Gasteiger partial charge is 0.480 e. The Hall–Kier alpha value is -0.870. The first-order chi connectivity index (χ1) is 5.61. The first-order valence-electron chi connectivity index (χ1n) is 3.62. The number of aliphatic carboxylic acids is 1. The number of thiophene rings is 1. The molecule has 0 amide bonds. The van der Waals surface area contributed by atoms with E-state index in [4.69, 9.17) is 12.2 Å². The fraction of sp³-hybridized carbons (Fsp3) is 0.286. The summed E-state index contributed by atoms with van der Waals surface area (Å²) in [5.41, 5.74) is 5.30. The van der Waals surface area contributed by atoms with Crippen LogP contribution in [0.2, 0.25) is 0 Å². The lowest BCUT2D eigenvalue weighted by atomic mass is 10.2.